The van der Waals surface area contributed by atoms with Crippen LogP contribution in [0.25, 0.3) is 11.4 Å². The highest BCUT2D eigenvalue weighted by atomic mass is 16.2. The molecule has 0 aliphatic carbocycles. The molecule has 1 amide bonds. The predicted molar refractivity (Wildman–Crippen MR) is 106 cm³/mol. The fourth-order valence-electron chi connectivity index (χ4n) is 3.58. The predicted octanol–water partition coefficient (Wildman–Crippen LogP) is 2.12. The number of tetrazole rings is 1. The highest BCUT2D eigenvalue weighted by molar-refractivity contribution is 5.75. The van der Waals surface area contributed by atoms with Crippen LogP contribution in [0.5, 0.6) is 0 Å². The van der Waals surface area contributed by atoms with Gasteiger partial charge in [0, 0.05) is 24.7 Å². The molecule has 1 N–H and O–H groups in total. The van der Waals surface area contributed by atoms with Crippen molar-refractivity contribution in [2.24, 2.45) is 0 Å². The number of likely N-dealkylation sites (tertiary alicyclic amines) is 1. The van der Waals surface area contributed by atoms with Crippen LogP contribution in [-0.4, -0.2) is 50.1 Å². The molecule has 1 atom stereocenters. The van der Waals surface area contributed by atoms with Crippen LogP contribution in [0.4, 0.5) is 0 Å². The first-order chi connectivity index (χ1) is 13.8. The maximum atomic E-state index is 12.3. The molecule has 0 radical (unpaired) electrons. The zero-order valence-electron chi connectivity index (χ0n) is 15.7. The molecule has 1 aliphatic rings. The Morgan fingerprint density at radius 1 is 1.07 bits per heavy atom. The summed E-state index contributed by atoms with van der Waals surface area (Å²) in [6.07, 6.45) is 2.27. The lowest BCUT2D eigenvalue weighted by molar-refractivity contribution is -0.122. The van der Waals surface area contributed by atoms with Crippen LogP contribution in [0.2, 0.25) is 0 Å². The molecule has 0 bridgehead atoms. The number of amides is 1. The lowest BCUT2D eigenvalue weighted by Gasteiger charge is -2.24. The average molecular weight is 376 g/mol. The van der Waals surface area contributed by atoms with Crippen LogP contribution in [0.15, 0.2) is 60.7 Å². The van der Waals surface area contributed by atoms with Gasteiger partial charge in [0.05, 0.1) is 0 Å². The van der Waals surface area contributed by atoms with Crippen molar-refractivity contribution in [3.05, 3.63) is 66.2 Å². The smallest absolute Gasteiger partial charge is 0.243 e. The second kappa shape index (κ2) is 8.75. The summed E-state index contributed by atoms with van der Waals surface area (Å²) in [5.74, 6) is 0.432. The summed E-state index contributed by atoms with van der Waals surface area (Å²) >= 11 is 0. The van der Waals surface area contributed by atoms with Gasteiger partial charge < -0.3 is 5.32 Å². The minimum atomic E-state index is -0.0939. The van der Waals surface area contributed by atoms with Crippen LogP contribution in [0.3, 0.4) is 0 Å². The van der Waals surface area contributed by atoms with Crippen molar-refractivity contribution in [2.45, 2.75) is 32.0 Å². The fourth-order valence-corrected chi connectivity index (χ4v) is 3.58. The van der Waals surface area contributed by atoms with Crippen molar-refractivity contribution >= 4 is 5.91 Å². The van der Waals surface area contributed by atoms with Gasteiger partial charge in [0.15, 0.2) is 0 Å². The van der Waals surface area contributed by atoms with Crippen molar-refractivity contribution in [1.82, 2.24) is 30.4 Å². The maximum absolute atomic E-state index is 12.3. The van der Waals surface area contributed by atoms with Crippen molar-refractivity contribution in [3.8, 4) is 11.4 Å². The van der Waals surface area contributed by atoms with E-state index in [9.17, 15) is 4.79 Å². The number of hydrogen-bond donors (Lipinski definition) is 1. The van der Waals surface area contributed by atoms with Crippen molar-refractivity contribution in [2.75, 3.05) is 13.1 Å². The summed E-state index contributed by atoms with van der Waals surface area (Å²) < 4.78 is 0. The van der Waals surface area contributed by atoms with Gasteiger partial charge in [0.25, 0.3) is 0 Å². The molecule has 2 heterocycles. The van der Waals surface area contributed by atoms with Gasteiger partial charge in [-0.3, -0.25) is 9.69 Å². The third kappa shape index (κ3) is 4.61. The number of nitrogens with zero attached hydrogens (tertiary/aromatic N) is 5. The van der Waals surface area contributed by atoms with Gasteiger partial charge in [-0.05, 0) is 30.2 Å². The molecule has 0 saturated carbocycles. The van der Waals surface area contributed by atoms with E-state index in [1.807, 2.05) is 36.4 Å². The van der Waals surface area contributed by atoms with E-state index >= 15 is 0 Å². The van der Waals surface area contributed by atoms with Crippen LogP contribution in [0, 0.1) is 0 Å². The number of carbonyl (C=O) groups is 1. The van der Waals surface area contributed by atoms with Gasteiger partial charge in [-0.15, -0.1) is 10.2 Å². The quantitative estimate of drug-likeness (QED) is 0.684. The Balaban J connectivity index is 1.28. The van der Waals surface area contributed by atoms with Gasteiger partial charge in [0.1, 0.15) is 6.54 Å². The monoisotopic (exact) mass is 376 g/mol. The maximum Gasteiger partial charge on any atom is 0.243 e. The van der Waals surface area contributed by atoms with E-state index in [2.05, 4.69) is 49.9 Å². The summed E-state index contributed by atoms with van der Waals surface area (Å²) in [6.45, 7) is 2.71. The van der Waals surface area contributed by atoms with E-state index in [1.165, 1.54) is 16.8 Å². The molecule has 28 heavy (non-hydrogen) atoms. The Morgan fingerprint density at radius 3 is 2.61 bits per heavy atom. The molecule has 1 aliphatic heterocycles. The molecule has 1 aromatic heterocycles. The van der Waals surface area contributed by atoms with E-state index in [1.54, 1.807) is 0 Å². The van der Waals surface area contributed by atoms with E-state index in [0.717, 1.165) is 25.1 Å². The van der Waals surface area contributed by atoms with Gasteiger partial charge in [-0.1, -0.05) is 60.7 Å². The molecule has 144 valence electrons. The number of hydrogen-bond acceptors (Lipinski definition) is 5. The summed E-state index contributed by atoms with van der Waals surface area (Å²) in [4.78, 5) is 16.1. The summed E-state index contributed by atoms with van der Waals surface area (Å²) in [5.41, 5.74) is 2.19. The zero-order valence-corrected chi connectivity index (χ0v) is 15.7. The van der Waals surface area contributed by atoms with E-state index in [0.29, 0.717) is 18.4 Å². The first kappa shape index (κ1) is 18.3. The molecule has 7 heteroatoms. The average Bonchev–Trinajstić information content (AvgIpc) is 3.37. The normalized spacial score (nSPS) is 16.9. The van der Waals surface area contributed by atoms with Gasteiger partial charge in [-0.25, -0.2) is 0 Å². The van der Waals surface area contributed by atoms with Crippen LogP contribution in [-0.2, 0) is 17.9 Å². The van der Waals surface area contributed by atoms with Crippen LogP contribution in [0.1, 0.15) is 18.4 Å². The van der Waals surface area contributed by atoms with Gasteiger partial charge in [0.2, 0.25) is 11.7 Å². The molecular formula is C21H24N6O. The summed E-state index contributed by atoms with van der Waals surface area (Å²) in [6, 6.07) is 20.4. The van der Waals surface area contributed by atoms with E-state index in [-0.39, 0.29) is 12.5 Å². The van der Waals surface area contributed by atoms with Crippen molar-refractivity contribution in [3.63, 3.8) is 0 Å². The summed E-state index contributed by atoms with van der Waals surface area (Å²) in [5, 5.41) is 15.3. The Hall–Kier alpha value is -3.06. The number of benzene rings is 2. The standard InChI is InChI=1S/C21H24N6O/c28-20(16-27-24-21(23-25-27)18-10-5-2-6-11-18)22-14-19-12-7-13-26(19)15-17-8-3-1-4-9-17/h1-6,8-11,19H,7,12-16H2,(H,22,28). The Morgan fingerprint density at radius 2 is 1.82 bits per heavy atom. The number of aromatic nitrogens is 4. The topological polar surface area (TPSA) is 75.9 Å². The third-order valence-electron chi connectivity index (χ3n) is 5.03. The summed E-state index contributed by atoms with van der Waals surface area (Å²) in [7, 11) is 0. The van der Waals surface area contributed by atoms with E-state index in [4.69, 9.17) is 0 Å². The molecule has 1 unspecified atom stereocenters. The highest BCUT2D eigenvalue weighted by Crippen LogP contribution is 2.19. The minimum Gasteiger partial charge on any atom is -0.353 e. The second-order valence-electron chi connectivity index (χ2n) is 7.07. The molecule has 1 saturated heterocycles. The lowest BCUT2D eigenvalue weighted by atomic mass is 10.2. The van der Waals surface area contributed by atoms with E-state index < -0.39 is 0 Å². The zero-order chi connectivity index (χ0) is 19.2. The second-order valence-corrected chi connectivity index (χ2v) is 7.07. The molecule has 3 aromatic rings. The fraction of sp³-hybridized carbons (Fsp3) is 0.333. The Labute approximate surface area is 164 Å². The SMILES string of the molecule is O=C(Cn1nnc(-c2ccccc2)n1)NCC1CCCN1Cc1ccccc1. The molecule has 2 aromatic carbocycles. The van der Waals surface area contributed by atoms with Gasteiger partial charge >= 0.3 is 0 Å². The van der Waals surface area contributed by atoms with Gasteiger partial charge in [-0.2, -0.15) is 4.80 Å². The highest BCUT2D eigenvalue weighted by Gasteiger charge is 2.24. The third-order valence-corrected chi connectivity index (χ3v) is 5.03. The Kier molecular flexibility index (Phi) is 5.72. The first-order valence-electron chi connectivity index (χ1n) is 9.66. The molecular weight excluding hydrogens is 352 g/mol. The number of carbonyl (C=O) groups excluding carboxylic acids is 1. The number of rotatable bonds is 7. The Bertz CT molecular complexity index is 896. The minimum absolute atomic E-state index is 0.0746. The molecule has 7 nitrogen and oxygen atoms in total. The lowest BCUT2D eigenvalue weighted by Crippen LogP contribution is -2.41. The molecule has 4 rings (SSSR count). The van der Waals surface area contributed by atoms with Crippen LogP contribution >= 0.6 is 0 Å². The van der Waals surface area contributed by atoms with Crippen molar-refractivity contribution < 1.29 is 4.79 Å². The number of nitrogens with one attached hydrogen (secondary N) is 1. The largest absolute Gasteiger partial charge is 0.353 e. The molecule has 1 fully saturated rings. The molecule has 0 spiro atoms. The van der Waals surface area contributed by atoms with Crippen molar-refractivity contribution in [1.29, 1.82) is 0 Å². The first-order valence-corrected chi connectivity index (χ1v) is 9.66. The van der Waals surface area contributed by atoms with Crippen LogP contribution < -0.4 is 5.32 Å².